The van der Waals surface area contributed by atoms with Gasteiger partial charge in [-0.15, -0.1) is 0 Å². The highest BCUT2D eigenvalue weighted by molar-refractivity contribution is 5.87. The Morgan fingerprint density at radius 1 is 1.37 bits per heavy atom. The van der Waals surface area contributed by atoms with Gasteiger partial charge in [0.25, 0.3) is 0 Å². The average Bonchev–Trinajstić information content (AvgIpc) is 2.45. The molecular weight excluding hydrogens is 248 g/mol. The summed E-state index contributed by atoms with van der Waals surface area (Å²) in [6, 6.07) is 7.34. The first-order chi connectivity index (χ1) is 9.08. The highest BCUT2D eigenvalue weighted by Crippen LogP contribution is 2.04. The summed E-state index contributed by atoms with van der Waals surface area (Å²) < 4.78 is 4.64. The van der Waals surface area contributed by atoms with Gasteiger partial charge in [0.15, 0.2) is 0 Å². The molecule has 4 N–H and O–H groups in total. The van der Waals surface area contributed by atoms with E-state index in [-0.39, 0.29) is 0 Å². The lowest BCUT2D eigenvalue weighted by Gasteiger charge is -2.18. The molecule has 0 spiro atoms. The number of benzene rings is 1. The van der Waals surface area contributed by atoms with Gasteiger partial charge in [0, 0.05) is 6.42 Å². The number of ether oxygens (including phenoxy) is 1. The molecule has 0 radical (unpaired) electrons. The lowest BCUT2D eigenvalue weighted by molar-refractivity contribution is -0.145. The Bertz CT molecular complexity index is 422. The first-order valence-corrected chi connectivity index (χ1v) is 5.87. The quantitative estimate of drug-likeness (QED) is 0.585. The summed E-state index contributed by atoms with van der Waals surface area (Å²) in [6.07, 6.45) is 0.303. The Balaban J connectivity index is 2.73. The van der Waals surface area contributed by atoms with Crippen molar-refractivity contribution in [1.82, 2.24) is 5.32 Å². The molecule has 1 aromatic rings. The second kappa shape index (κ2) is 7.50. The van der Waals surface area contributed by atoms with Crippen molar-refractivity contribution < 1.29 is 19.4 Å². The molecule has 0 aliphatic carbocycles. The molecule has 0 fully saturated rings. The van der Waals surface area contributed by atoms with Crippen molar-refractivity contribution in [1.29, 1.82) is 0 Å². The maximum absolute atomic E-state index is 11.6. The van der Waals surface area contributed by atoms with Gasteiger partial charge in [-0.3, -0.25) is 4.79 Å². The number of aliphatic hydroxyl groups is 1. The zero-order chi connectivity index (χ0) is 14.3. The smallest absolute Gasteiger partial charge is 0.328 e. The number of esters is 1. The van der Waals surface area contributed by atoms with Crippen LogP contribution in [0.25, 0.3) is 0 Å². The SMILES string of the molecule is COC(=O)[C@H](Cc1ccccc1)NC(=O)[C@@H](N)CO. The zero-order valence-electron chi connectivity index (χ0n) is 10.7. The molecule has 0 unspecified atom stereocenters. The van der Waals surface area contributed by atoms with E-state index in [2.05, 4.69) is 10.1 Å². The maximum Gasteiger partial charge on any atom is 0.328 e. The van der Waals surface area contributed by atoms with Gasteiger partial charge < -0.3 is 20.9 Å². The number of rotatable bonds is 6. The Hall–Kier alpha value is -1.92. The number of aliphatic hydroxyl groups excluding tert-OH is 1. The topological polar surface area (TPSA) is 102 Å². The fourth-order valence-corrected chi connectivity index (χ4v) is 1.55. The second-order valence-electron chi connectivity index (χ2n) is 4.06. The van der Waals surface area contributed by atoms with Crippen LogP contribution in [0.4, 0.5) is 0 Å². The van der Waals surface area contributed by atoms with Gasteiger partial charge in [0.2, 0.25) is 5.91 Å². The molecule has 0 saturated carbocycles. The zero-order valence-corrected chi connectivity index (χ0v) is 10.7. The average molecular weight is 266 g/mol. The summed E-state index contributed by atoms with van der Waals surface area (Å²) in [6.45, 7) is -0.481. The van der Waals surface area contributed by atoms with Crippen LogP contribution in [0.5, 0.6) is 0 Å². The van der Waals surface area contributed by atoms with Crippen molar-refractivity contribution in [3.63, 3.8) is 0 Å². The van der Waals surface area contributed by atoms with Gasteiger partial charge in [0.1, 0.15) is 12.1 Å². The van der Waals surface area contributed by atoms with E-state index in [9.17, 15) is 9.59 Å². The third-order valence-corrected chi connectivity index (χ3v) is 2.62. The first kappa shape index (κ1) is 15.1. The van der Waals surface area contributed by atoms with E-state index in [1.54, 1.807) is 0 Å². The van der Waals surface area contributed by atoms with Gasteiger partial charge in [-0.25, -0.2) is 4.79 Å². The Labute approximate surface area is 111 Å². The minimum absolute atomic E-state index is 0.303. The molecule has 0 aliphatic rings. The van der Waals surface area contributed by atoms with Crippen LogP contribution in [0, 0.1) is 0 Å². The highest BCUT2D eigenvalue weighted by Gasteiger charge is 2.24. The van der Waals surface area contributed by atoms with Gasteiger partial charge in [0.05, 0.1) is 13.7 Å². The van der Waals surface area contributed by atoms with Crippen LogP contribution < -0.4 is 11.1 Å². The van der Waals surface area contributed by atoms with Crippen molar-refractivity contribution in [3.8, 4) is 0 Å². The van der Waals surface area contributed by atoms with Crippen molar-refractivity contribution in [2.24, 2.45) is 5.73 Å². The van der Waals surface area contributed by atoms with E-state index >= 15 is 0 Å². The van der Waals surface area contributed by atoms with E-state index in [0.29, 0.717) is 6.42 Å². The normalized spacial score (nSPS) is 13.4. The summed E-state index contributed by atoms with van der Waals surface area (Å²) in [5.41, 5.74) is 6.27. The third-order valence-electron chi connectivity index (χ3n) is 2.62. The van der Waals surface area contributed by atoms with Crippen LogP contribution in [0.15, 0.2) is 30.3 Å². The summed E-state index contributed by atoms with van der Waals surface area (Å²) >= 11 is 0. The molecule has 0 aromatic heterocycles. The molecule has 0 heterocycles. The van der Waals surface area contributed by atoms with Crippen molar-refractivity contribution >= 4 is 11.9 Å². The molecule has 0 saturated heterocycles. The van der Waals surface area contributed by atoms with E-state index in [0.717, 1.165) is 5.56 Å². The van der Waals surface area contributed by atoms with E-state index in [1.165, 1.54) is 7.11 Å². The predicted molar refractivity (Wildman–Crippen MR) is 69.2 cm³/mol. The lowest BCUT2D eigenvalue weighted by atomic mass is 10.1. The highest BCUT2D eigenvalue weighted by atomic mass is 16.5. The number of carbonyl (C=O) groups excluding carboxylic acids is 2. The minimum Gasteiger partial charge on any atom is -0.467 e. The van der Waals surface area contributed by atoms with E-state index in [4.69, 9.17) is 10.8 Å². The minimum atomic E-state index is -1.05. The number of amides is 1. The fraction of sp³-hybridized carbons (Fsp3) is 0.385. The Morgan fingerprint density at radius 2 is 2.00 bits per heavy atom. The van der Waals surface area contributed by atoms with Crippen LogP contribution in [-0.4, -0.2) is 42.8 Å². The molecule has 6 nitrogen and oxygen atoms in total. The molecule has 1 rings (SSSR count). The molecule has 6 heteroatoms. The van der Waals surface area contributed by atoms with Gasteiger partial charge in [-0.1, -0.05) is 30.3 Å². The molecule has 1 amide bonds. The van der Waals surface area contributed by atoms with Crippen molar-refractivity contribution in [3.05, 3.63) is 35.9 Å². The van der Waals surface area contributed by atoms with E-state index < -0.39 is 30.6 Å². The van der Waals surface area contributed by atoms with Gasteiger partial charge in [-0.2, -0.15) is 0 Å². The predicted octanol–water partition coefficient (Wildman–Crippen LogP) is -0.793. The fourth-order valence-electron chi connectivity index (χ4n) is 1.55. The lowest BCUT2D eigenvalue weighted by Crippen LogP contribution is -2.50. The van der Waals surface area contributed by atoms with Crippen LogP contribution >= 0.6 is 0 Å². The van der Waals surface area contributed by atoms with Crippen molar-refractivity contribution in [2.75, 3.05) is 13.7 Å². The van der Waals surface area contributed by atoms with Crippen LogP contribution in [0.2, 0.25) is 0 Å². The second-order valence-corrected chi connectivity index (χ2v) is 4.06. The number of nitrogens with two attached hydrogens (primary N) is 1. The number of hydrogen-bond acceptors (Lipinski definition) is 5. The summed E-state index contributed by atoms with van der Waals surface area (Å²) in [4.78, 5) is 23.2. The van der Waals surface area contributed by atoms with Crippen LogP contribution in [-0.2, 0) is 20.7 Å². The largest absolute Gasteiger partial charge is 0.467 e. The standard InChI is InChI=1S/C13H18N2O4/c1-19-13(18)11(15-12(17)10(14)8-16)7-9-5-3-2-4-6-9/h2-6,10-11,16H,7-8,14H2,1H3,(H,15,17)/t10-,11-/m0/s1. The molecule has 2 atom stereocenters. The molecular formula is C13H18N2O4. The molecule has 104 valence electrons. The summed E-state index contributed by atoms with van der Waals surface area (Å²) in [5.74, 6) is -1.14. The first-order valence-electron chi connectivity index (χ1n) is 5.87. The number of nitrogens with one attached hydrogen (secondary N) is 1. The molecule has 0 aliphatic heterocycles. The Kier molecular flexibility index (Phi) is 5.98. The monoisotopic (exact) mass is 266 g/mol. The third kappa shape index (κ3) is 4.69. The van der Waals surface area contributed by atoms with E-state index in [1.807, 2.05) is 30.3 Å². The summed E-state index contributed by atoms with van der Waals surface area (Å²) in [7, 11) is 1.25. The molecule has 19 heavy (non-hydrogen) atoms. The summed E-state index contributed by atoms with van der Waals surface area (Å²) in [5, 5.41) is 11.3. The van der Waals surface area contributed by atoms with Gasteiger partial charge >= 0.3 is 5.97 Å². The van der Waals surface area contributed by atoms with Crippen LogP contribution in [0.1, 0.15) is 5.56 Å². The maximum atomic E-state index is 11.6. The molecule has 1 aromatic carbocycles. The van der Waals surface area contributed by atoms with Crippen LogP contribution in [0.3, 0.4) is 0 Å². The Morgan fingerprint density at radius 3 is 2.53 bits per heavy atom. The molecule has 0 bridgehead atoms. The number of hydrogen-bond donors (Lipinski definition) is 3. The number of methoxy groups -OCH3 is 1. The number of carbonyl (C=O) groups is 2. The van der Waals surface area contributed by atoms with Gasteiger partial charge in [-0.05, 0) is 5.56 Å². The van der Waals surface area contributed by atoms with Crippen molar-refractivity contribution in [2.45, 2.75) is 18.5 Å².